The maximum Gasteiger partial charge on any atom is 0.0951 e. The van der Waals surface area contributed by atoms with Crippen LogP contribution in [0.1, 0.15) is 50.5 Å². The van der Waals surface area contributed by atoms with E-state index in [9.17, 15) is 0 Å². The summed E-state index contributed by atoms with van der Waals surface area (Å²) in [5.74, 6) is 0.607. The van der Waals surface area contributed by atoms with Gasteiger partial charge in [-0.15, -0.1) is 0 Å². The largest absolute Gasteiger partial charge is 0.330 e. The highest BCUT2D eigenvalue weighted by Crippen LogP contribution is 2.26. The molecule has 0 spiro atoms. The van der Waals surface area contributed by atoms with Crippen LogP contribution in [0.3, 0.4) is 0 Å². The third-order valence-electron chi connectivity index (χ3n) is 4.08. The molecule has 0 saturated carbocycles. The van der Waals surface area contributed by atoms with E-state index in [2.05, 4.69) is 42.5 Å². The molecule has 0 radical (unpaired) electrons. The van der Waals surface area contributed by atoms with Crippen molar-refractivity contribution in [2.45, 2.75) is 39.3 Å². The van der Waals surface area contributed by atoms with Crippen LogP contribution in [-0.2, 0) is 0 Å². The van der Waals surface area contributed by atoms with Crippen molar-refractivity contribution < 1.29 is 0 Å². The SMILES string of the molecule is CCC(C)C(C)n1cncc1C(N)c1ccccc1. The lowest BCUT2D eigenvalue weighted by Crippen LogP contribution is -2.21. The minimum absolute atomic E-state index is 0.116. The van der Waals surface area contributed by atoms with Gasteiger partial charge in [-0.25, -0.2) is 4.98 Å². The fraction of sp³-hybridized carbons (Fsp3) is 0.438. The number of rotatable bonds is 5. The van der Waals surface area contributed by atoms with Crippen molar-refractivity contribution in [2.24, 2.45) is 11.7 Å². The van der Waals surface area contributed by atoms with E-state index < -0.39 is 0 Å². The Bertz CT molecular complexity index is 504. The van der Waals surface area contributed by atoms with Crippen LogP contribution in [0.2, 0.25) is 0 Å². The van der Waals surface area contributed by atoms with E-state index in [0.717, 1.165) is 17.7 Å². The average Bonchev–Trinajstić information content (AvgIpc) is 2.95. The number of nitrogens with zero attached hydrogens (tertiary/aromatic N) is 2. The summed E-state index contributed by atoms with van der Waals surface area (Å²) in [7, 11) is 0. The van der Waals surface area contributed by atoms with Crippen molar-refractivity contribution >= 4 is 0 Å². The van der Waals surface area contributed by atoms with Gasteiger partial charge in [-0.2, -0.15) is 0 Å². The Morgan fingerprint density at radius 1 is 1.21 bits per heavy atom. The third kappa shape index (κ3) is 2.87. The molecule has 2 N–H and O–H groups in total. The monoisotopic (exact) mass is 257 g/mol. The second-order valence-electron chi connectivity index (χ2n) is 5.24. The number of hydrogen-bond acceptors (Lipinski definition) is 2. The fourth-order valence-electron chi connectivity index (χ4n) is 2.34. The van der Waals surface area contributed by atoms with Crippen molar-refractivity contribution in [1.82, 2.24) is 9.55 Å². The first-order valence-corrected chi connectivity index (χ1v) is 6.97. The van der Waals surface area contributed by atoms with Crippen LogP contribution in [0.4, 0.5) is 0 Å². The maximum absolute atomic E-state index is 6.38. The first-order valence-electron chi connectivity index (χ1n) is 6.97. The first kappa shape index (κ1) is 13.8. The zero-order valence-electron chi connectivity index (χ0n) is 12.0. The lowest BCUT2D eigenvalue weighted by Gasteiger charge is -2.24. The smallest absolute Gasteiger partial charge is 0.0951 e. The number of imidazole rings is 1. The molecule has 0 aliphatic heterocycles. The number of aromatic nitrogens is 2. The number of benzene rings is 1. The Balaban J connectivity index is 2.29. The van der Waals surface area contributed by atoms with Crippen molar-refractivity contribution in [2.75, 3.05) is 0 Å². The van der Waals surface area contributed by atoms with Crippen LogP contribution < -0.4 is 5.73 Å². The lowest BCUT2D eigenvalue weighted by atomic mass is 9.99. The molecule has 0 aliphatic rings. The molecule has 2 aromatic rings. The normalized spacial score (nSPS) is 16.0. The van der Waals surface area contributed by atoms with Gasteiger partial charge in [0.25, 0.3) is 0 Å². The molecule has 0 fully saturated rings. The second kappa shape index (κ2) is 6.02. The minimum Gasteiger partial charge on any atom is -0.330 e. The molecule has 0 amide bonds. The zero-order chi connectivity index (χ0) is 13.8. The Labute approximate surface area is 115 Å². The van der Waals surface area contributed by atoms with Gasteiger partial charge in [0.1, 0.15) is 0 Å². The molecule has 3 heteroatoms. The minimum atomic E-state index is -0.116. The Hall–Kier alpha value is -1.61. The molecule has 0 aliphatic carbocycles. The molecule has 0 saturated heterocycles. The second-order valence-corrected chi connectivity index (χ2v) is 5.24. The third-order valence-corrected chi connectivity index (χ3v) is 4.08. The average molecular weight is 257 g/mol. The molecule has 1 heterocycles. The van der Waals surface area contributed by atoms with E-state index in [1.54, 1.807) is 0 Å². The lowest BCUT2D eigenvalue weighted by molar-refractivity contribution is 0.360. The van der Waals surface area contributed by atoms with Gasteiger partial charge in [-0.1, -0.05) is 50.6 Å². The molecular formula is C16H23N3. The first-order chi connectivity index (χ1) is 9.15. The number of hydrogen-bond donors (Lipinski definition) is 1. The van der Waals surface area contributed by atoms with Gasteiger partial charge in [-0.3, -0.25) is 0 Å². The predicted molar refractivity (Wildman–Crippen MR) is 78.9 cm³/mol. The number of nitrogens with two attached hydrogens (primary N) is 1. The summed E-state index contributed by atoms with van der Waals surface area (Å²) in [5, 5.41) is 0. The van der Waals surface area contributed by atoms with Crippen molar-refractivity contribution in [3.63, 3.8) is 0 Å². The topological polar surface area (TPSA) is 43.8 Å². The van der Waals surface area contributed by atoms with Crippen molar-refractivity contribution in [3.8, 4) is 0 Å². The zero-order valence-corrected chi connectivity index (χ0v) is 12.0. The standard InChI is InChI=1S/C16H23N3/c1-4-12(2)13(3)19-11-18-10-15(19)16(17)14-8-6-5-7-9-14/h5-13,16H,4,17H2,1-3H3. The summed E-state index contributed by atoms with van der Waals surface area (Å²) < 4.78 is 2.21. The van der Waals surface area contributed by atoms with Gasteiger partial charge in [0.05, 0.1) is 24.3 Å². The summed E-state index contributed by atoms with van der Waals surface area (Å²) >= 11 is 0. The Morgan fingerprint density at radius 2 is 1.89 bits per heavy atom. The molecule has 2 rings (SSSR count). The molecule has 0 bridgehead atoms. The van der Waals surface area contributed by atoms with Crippen LogP contribution >= 0.6 is 0 Å². The van der Waals surface area contributed by atoms with E-state index in [-0.39, 0.29) is 6.04 Å². The molecule has 3 atom stereocenters. The highest BCUT2D eigenvalue weighted by molar-refractivity contribution is 5.26. The van der Waals surface area contributed by atoms with Crippen molar-refractivity contribution in [3.05, 3.63) is 54.1 Å². The van der Waals surface area contributed by atoms with E-state index in [4.69, 9.17) is 5.73 Å². The van der Waals surface area contributed by atoms with Crippen LogP contribution in [0.25, 0.3) is 0 Å². The van der Waals surface area contributed by atoms with E-state index in [0.29, 0.717) is 12.0 Å². The molecule has 102 valence electrons. The predicted octanol–water partition coefficient (Wildman–Crippen LogP) is 3.54. The molecule has 1 aromatic carbocycles. The van der Waals surface area contributed by atoms with Crippen LogP contribution in [0.5, 0.6) is 0 Å². The van der Waals surface area contributed by atoms with Crippen LogP contribution in [0.15, 0.2) is 42.9 Å². The van der Waals surface area contributed by atoms with E-state index in [1.807, 2.05) is 30.7 Å². The summed E-state index contributed by atoms with van der Waals surface area (Å²) in [6.07, 6.45) is 4.94. The van der Waals surface area contributed by atoms with Gasteiger partial charge >= 0.3 is 0 Å². The summed E-state index contributed by atoms with van der Waals surface area (Å²) in [6, 6.07) is 10.5. The molecule has 19 heavy (non-hydrogen) atoms. The summed E-state index contributed by atoms with van der Waals surface area (Å²) in [6.45, 7) is 6.72. The molecular weight excluding hydrogens is 234 g/mol. The highest BCUT2D eigenvalue weighted by Gasteiger charge is 2.19. The fourth-order valence-corrected chi connectivity index (χ4v) is 2.34. The molecule has 3 unspecified atom stereocenters. The van der Waals surface area contributed by atoms with Crippen molar-refractivity contribution in [1.29, 1.82) is 0 Å². The Morgan fingerprint density at radius 3 is 2.53 bits per heavy atom. The molecule has 3 nitrogen and oxygen atoms in total. The van der Waals surface area contributed by atoms with Crippen LogP contribution in [-0.4, -0.2) is 9.55 Å². The van der Waals surface area contributed by atoms with E-state index in [1.165, 1.54) is 0 Å². The quantitative estimate of drug-likeness (QED) is 0.890. The van der Waals surface area contributed by atoms with Crippen LogP contribution in [0, 0.1) is 5.92 Å². The van der Waals surface area contributed by atoms with Gasteiger partial charge < -0.3 is 10.3 Å². The van der Waals surface area contributed by atoms with Gasteiger partial charge in [-0.05, 0) is 18.4 Å². The Kier molecular flexibility index (Phi) is 4.38. The van der Waals surface area contributed by atoms with Gasteiger partial charge in [0, 0.05) is 6.04 Å². The van der Waals surface area contributed by atoms with E-state index >= 15 is 0 Å². The molecule has 1 aromatic heterocycles. The van der Waals surface area contributed by atoms with Gasteiger partial charge in [0.2, 0.25) is 0 Å². The highest BCUT2D eigenvalue weighted by atomic mass is 15.1. The van der Waals surface area contributed by atoms with Gasteiger partial charge in [0.15, 0.2) is 0 Å². The summed E-state index contributed by atoms with van der Waals surface area (Å²) in [5.41, 5.74) is 8.59. The summed E-state index contributed by atoms with van der Waals surface area (Å²) in [4.78, 5) is 4.29. The maximum atomic E-state index is 6.38.